The molecule has 3 nitrogen and oxygen atoms in total. The Bertz CT molecular complexity index is 411. The number of phenols is 1. The highest BCUT2D eigenvalue weighted by Gasteiger charge is 2.12. The lowest BCUT2D eigenvalue weighted by atomic mass is 10.2. The van der Waals surface area contributed by atoms with Gasteiger partial charge in [0.05, 0.1) is 0 Å². The number of sulfone groups is 1. The smallest absolute Gasteiger partial charge is 0.179 e. The van der Waals surface area contributed by atoms with Gasteiger partial charge in [0.15, 0.2) is 9.84 Å². The minimum Gasteiger partial charge on any atom is -0.507 e. The summed E-state index contributed by atoms with van der Waals surface area (Å²) in [4.78, 5) is -0.0781. The number of aromatic hydroxyl groups is 1. The average molecular weight is 221 g/mol. The largest absolute Gasteiger partial charge is 0.507 e. The summed E-state index contributed by atoms with van der Waals surface area (Å²) < 4.78 is 22.2. The summed E-state index contributed by atoms with van der Waals surface area (Å²) in [7, 11) is -3.37. The molecule has 0 bridgehead atoms. The summed E-state index contributed by atoms with van der Waals surface area (Å²) >= 11 is 5.52. The molecule has 1 aromatic carbocycles. The van der Waals surface area contributed by atoms with Gasteiger partial charge in [0.1, 0.15) is 10.6 Å². The lowest BCUT2D eigenvalue weighted by Crippen LogP contribution is -1.98. The third-order valence-electron chi connectivity index (χ3n) is 1.58. The van der Waals surface area contributed by atoms with Gasteiger partial charge < -0.3 is 5.11 Å². The molecule has 72 valence electrons. The lowest BCUT2D eigenvalue weighted by Gasteiger charge is -2.03. The topological polar surface area (TPSA) is 54.4 Å². The molecule has 0 unspecified atom stereocenters. The molecule has 0 aliphatic carbocycles. The molecule has 1 rings (SSSR count). The molecule has 0 aromatic heterocycles. The molecule has 0 radical (unpaired) electrons. The van der Waals surface area contributed by atoms with Crippen LogP contribution in [0.4, 0.5) is 0 Å². The molecule has 0 saturated carbocycles. The normalized spacial score (nSPS) is 11.5. The van der Waals surface area contributed by atoms with Crippen LogP contribution >= 0.6 is 11.6 Å². The predicted molar refractivity (Wildman–Crippen MR) is 50.8 cm³/mol. The van der Waals surface area contributed by atoms with Crippen LogP contribution in [-0.2, 0) is 15.7 Å². The summed E-state index contributed by atoms with van der Waals surface area (Å²) in [6, 6.07) is 4.28. The van der Waals surface area contributed by atoms with E-state index >= 15 is 0 Å². The zero-order valence-corrected chi connectivity index (χ0v) is 8.56. The molecular formula is C8H9ClO3S. The Kier molecular flexibility index (Phi) is 2.83. The second kappa shape index (κ2) is 3.55. The molecule has 1 aromatic rings. The fourth-order valence-electron chi connectivity index (χ4n) is 0.939. The first-order valence-corrected chi connectivity index (χ1v) is 5.95. The molecule has 5 heteroatoms. The van der Waals surface area contributed by atoms with Crippen LogP contribution in [0.25, 0.3) is 0 Å². The third-order valence-corrected chi connectivity index (χ3v) is 3.01. The van der Waals surface area contributed by atoms with E-state index in [1.54, 1.807) is 6.07 Å². The zero-order valence-electron chi connectivity index (χ0n) is 6.99. The number of phenolic OH excluding ortho intramolecular Hbond substituents is 1. The Labute approximate surface area is 81.9 Å². The van der Waals surface area contributed by atoms with Crippen molar-refractivity contribution in [3.05, 3.63) is 23.8 Å². The van der Waals surface area contributed by atoms with Crippen molar-refractivity contribution >= 4 is 21.4 Å². The van der Waals surface area contributed by atoms with Crippen molar-refractivity contribution in [3.63, 3.8) is 0 Å². The molecule has 0 atom stereocenters. The van der Waals surface area contributed by atoms with E-state index in [0.717, 1.165) is 6.26 Å². The minimum atomic E-state index is -3.37. The fraction of sp³-hybridized carbons (Fsp3) is 0.250. The van der Waals surface area contributed by atoms with Crippen molar-refractivity contribution in [1.82, 2.24) is 0 Å². The number of hydrogen-bond acceptors (Lipinski definition) is 3. The average Bonchev–Trinajstić information content (AvgIpc) is 2.03. The van der Waals surface area contributed by atoms with E-state index in [9.17, 15) is 13.5 Å². The summed E-state index contributed by atoms with van der Waals surface area (Å²) in [5.74, 6) is -0.0145. The van der Waals surface area contributed by atoms with Crippen molar-refractivity contribution in [1.29, 1.82) is 0 Å². The third kappa shape index (κ3) is 2.35. The molecule has 0 fully saturated rings. The highest BCUT2D eigenvalue weighted by Crippen LogP contribution is 2.23. The van der Waals surface area contributed by atoms with Crippen LogP contribution in [0.3, 0.4) is 0 Å². The summed E-state index contributed by atoms with van der Waals surface area (Å²) in [6.07, 6.45) is 1.04. The van der Waals surface area contributed by atoms with Gasteiger partial charge in [-0.3, -0.25) is 0 Å². The van der Waals surface area contributed by atoms with Gasteiger partial charge in [-0.15, -0.1) is 11.6 Å². The second-order valence-corrected chi connectivity index (χ2v) is 4.96. The number of hydrogen-bond donors (Lipinski definition) is 1. The molecule has 0 heterocycles. The van der Waals surface area contributed by atoms with E-state index in [-0.39, 0.29) is 16.5 Å². The standard InChI is InChI=1S/C8H9ClO3S/c1-13(11,12)8-4-6(5-9)2-3-7(8)10/h2-4,10H,5H2,1H3. The summed E-state index contributed by atoms with van der Waals surface area (Å²) in [6.45, 7) is 0. The maximum Gasteiger partial charge on any atom is 0.179 e. The van der Waals surface area contributed by atoms with E-state index in [0.29, 0.717) is 5.56 Å². The maximum absolute atomic E-state index is 11.1. The molecule has 0 spiro atoms. The zero-order chi connectivity index (χ0) is 10.1. The first-order valence-electron chi connectivity index (χ1n) is 3.53. The van der Waals surface area contributed by atoms with Crippen LogP contribution in [0.15, 0.2) is 23.1 Å². The van der Waals surface area contributed by atoms with Crippen LogP contribution in [0.1, 0.15) is 5.56 Å². The predicted octanol–water partition coefficient (Wildman–Crippen LogP) is 1.53. The molecule has 13 heavy (non-hydrogen) atoms. The second-order valence-electron chi connectivity index (χ2n) is 2.71. The lowest BCUT2D eigenvalue weighted by molar-refractivity contribution is 0.459. The van der Waals surface area contributed by atoms with Gasteiger partial charge in [0.2, 0.25) is 0 Å². The molecule has 1 N–H and O–H groups in total. The van der Waals surface area contributed by atoms with Gasteiger partial charge in [-0.05, 0) is 17.7 Å². The van der Waals surface area contributed by atoms with Crippen molar-refractivity contribution in [3.8, 4) is 5.75 Å². The van der Waals surface area contributed by atoms with E-state index in [2.05, 4.69) is 0 Å². The van der Waals surface area contributed by atoms with Crippen molar-refractivity contribution in [2.75, 3.05) is 6.26 Å². The maximum atomic E-state index is 11.1. The highest BCUT2D eigenvalue weighted by atomic mass is 35.5. The molecule has 0 aliphatic rings. The SMILES string of the molecule is CS(=O)(=O)c1cc(CCl)ccc1O. The Balaban J connectivity index is 3.36. The summed E-state index contributed by atoms with van der Waals surface area (Å²) in [5.41, 5.74) is 0.667. The van der Waals surface area contributed by atoms with Crippen LogP contribution in [0.2, 0.25) is 0 Å². The van der Waals surface area contributed by atoms with Crippen LogP contribution in [-0.4, -0.2) is 19.8 Å². The van der Waals surface area contributed by atoms with Crippen molar-refractivity contribution < 1.29 is 13.5 Å². The van der Waals surface area contributed by atoms with Gasteiger partial charge in [-0.25, -0.2) is 8.42 Å². The van der Waals surface area contributed by atoms with Gasteiger partial charge in [-0.1, -0.05) is 6.07 Å². The molecule has 0 amide bonds. The highest BCUT2D eigenvalue weighted by molar-refractivity contribution is 7.90. The van der Waals surface area contributed by atoms with Gasteiger partial charge >= 0.3 is 0 Å². The Hall–Kier alpha value is -0.740. The molecule has 0 saturated heterocycles. The first kappa shape index (κ1) is 10.3. The van der Waals surface area contributed by atoms with Gasteiger partial charge in [-0.2, -0.15) is 0 Å². The van der Waals surface area contributed by atoms with Gasteiger partial charge in [0, 0.05) is 12.1 Å². The van der Waals surface area contributed by atoms with Crippen LogP contribution in [0.5, 0.6) is 5.75 Å². The van der Waals surface area contributed by atoms with Crippen molar-refractivity contribution in [2.45, 2.75) is 10.8 Å². The van der Waals surface area contributed by atoms with E-state index in [1.807, 2.05) is 0 Å². The van der Waals surface area contributed by atoms with Gasteiger partial charge in [0.25, 0.3) is 0 Å². The van der Waals surface area contributed by atoms with Crippen LogP contribution < -0.4 is 0 Å². The minimum absolute atomic E-state index is 0.0781. The number of rotatable bonds is 2. The molecular weight excluding hydrogens is 212 g/mol. The number of alkyl halides is 1. The Morgan fingerprint density at radius 2 is 2.08 bits per heavy atom. The molecule has 0 aliphatic heterocycles. The monoisotopic (exact) mass is 220 g/mol. The first-order chi connectivity index (χ1) is 5.95. The number of benzene rings is 1. The van der Waals surface area contributed by atoms with Crippen LogP contribution in [0, 0.1) is 0 Å². The van der Waals surface area contributed by atoms with E-state index in [1.165, 1.54) is 12.1 Å². The summed E-state index contributed by atoms with van der Waals surface area (Å²) in [5, 5.41) is 9.24. The van der Waals surface area contributed by atoms with E-state index in [4.69, 9.17) is 11.6 Å². The number of halogens is 1. The van der Waals surface area contributed by atoms with Crippen molar-refractivity contribution in [2.24, 2.45) is 0 Å². The quantitative estimate of drug-likeness (QED) is 0.770. The Morgan fingerprint density at radius 1 is 1.46 bits per heavy atom. The van der Waals surface area contributed by atoms with E-state index < -0.39 is 9.84 Å². The Morgan fingerprint density at radius 3 is 2.54 bits per heavy atom. The fourth-order valence-corrected chi connectivity index (χ4v) is 1.92.